The van der Waals surface area contributed by atoms with Crippen LogP contribution in [0.1, 0.15) is 23.6 Å². The summed E-state index contributed by atoms with van der Waals surface area (Å²) in [6.45, 7) is 7.75. The lowest BCUT2D eigenvalue weighted by Crippen LogP contribution is -2.23. The first-order valence-corrected chi connectivity index (χ1v) is 12.2. The highest BCUT2D eigenvalue weighted by Gasteiger charge is 2.20. The Bertz CT molecular complexity index is 1250. The number of sulfonamides is 1. The second-order valence-corrected chi connectivity index (χ2v) is 11.3. The molecule has 1 aromatic heterocycles. The average Bonchev–Trinajstić information content (AvgIpc) is 2.69. The van der Waals surface area contributed by atoms with Crippen LogP contribution in [-0.4, -0.2) is 43.0 Å². The number of hydrogen-bond acceptors (Lipinski definition) is 5. The van der Waals surface area contributed by atoms with Gasteiger partial charge in [-0.15, -0.1) is 0 Å². The van der Waals surface area contributed by atoms with Crippen LogP contribution in [0, 0.1) is 20.8 Å². The van der Waals surface area contributed by atoms with E-state index in [1.165, 1.54) is 30.2 Å². The van der Waals surface area contributed by atoms with E-state index in [1.54, 1.807) is 18.2 Å². The highest BCUT2D eigenvalue weighted by molar-refractivity contribution is 8.00. The molecule has 31 heavy (non-hydrogen) atoms. The number of thioether (sulfide) groups is 1. The molecule has 3 rings (SSSR count). The van der Waals surface area contributed by atoms with Gasteiger partial charge in [0.2, 0.25) is 15.9 Å². The van der Waals surface area contributed by atoms with Gasteiger partial charge in [-0.2, -0.15) is 0 Å². The molecule has 0 saturated heterocycles. The summed E-state index contributed by atoms with van der Waals surface area (Å²) in [4.78, 5) is 17.6. The van der Waals surface area contributed by atoms with Crippen molar-refractivity contribution in [3.8, 4) is 0 Å². The van der Waals surface area contributed by atoms with Gasteiger partial charge in [0.25, 0.3) is 0 Å². The number of rotatable bonds is 6. The van der Waals surface area contributed by atoms with Crippen LogP contribution in [0.15, 0.2) is 52.4 Å². The zero-order valence-corrected chi connectivity index (χ0v) is 20.2. The Kier molecular flexibility index (Phi) is 6.73. The minimum Gasteiger partial charge on any atom is -0.325 e. The third-order valence-electron chi connectivity index (χ3n) is 5.05. The fourth-order valence-electron chi connectivity index (χ4n) is 3.20. The van der Waals surface area contributed by atoms with E-state index in [0.717, 1.165) is 32.8 Å². The topological polar surface area (TPSA) is 79.4 Å². The molecule has 2 aromatic carbocycles. The molecule has 0 aliphatic heterocycles. The van der Waals surface area contributed by atoms with Crippen molar-refractivity contribution in [2.75, 3.05) is 19.4 Å². The van der Waals surface area contributed by atoms with E-state index < -0.39 is 10.0 Å². The molecule has 0 saturated carbocycles. The van der Waals surface area contributed by atoms with E-state index in [2.05, 4.69) is 10.3 Å². The van der Waals surface area contributed by atoms with Gasteiger partial charge in [0, 0.05) is 25.2 Å². The van der Waals surface area contributed by atoms with Crippen LogP contribution in [0.4, 0.5) is 5.69 Å². The molecule has 6 nitrogen and oxygen atoms in total. The number of fused-ring (bicyclic) bond motifs is 1. The van der Waals surface area contributed by atoms with Gasteiger partial charge in [-0.25, -0.2) is 17.7 Å². The molecule has 0 bridgehead atoms. The summed E-state index contributed by atoms with van der Waals surface area (Å²) in [7, 11) is -0.496. The summed E-state index contributed by atoms with van der Waals surface area (Å²) >= 11 is 1.37. The largest absolute Gasteiger partial charge is 0.325 e. The SMILES string of the molecule is Cc1ccc(NC(=O)[C@H](C)Sc2cc(C)c3cc(S(=O)(=O)N(C)C)ccc3n2)c(C)c1. The molecule has 1 atom stereocenters. The number of pyridine rings is 1. The molecule has 0 unspecified atom stereocenters. The quantitative estimate of drug-likeness (QED) is 0.550. The molecule has 1 N–H and O–H groups in total. The lowest BCUT2D eigenvalue weighted by atomic mass is 10.1. The average molecular weight is 458 g/mol. The molecule has 1 heterocycles. The van der Waals surface area contributed by atoms with Crippen LogP contribution in [0.3, 0.4) is 0 Å². The van der Waals surface area contributed by atoms with Crippen molar-refractivity contribution in [2.45, 2.75) is 42.9 Å². The number of aromatic nitrogens is 1. The summed E-state index contributed by atoms with van der Waals surface area (Å²) in [6, 6.07) is 12.7. The van der Waals surface area contributed by atoms with Gasteiger partial charge in [0.05, 0.1) is 20.7 Å². The minimum atomic E-state index is -3.51. The van der Waals surface area contributed by atoms with E-state index in [9.17, 15) is 13.2 Å². The Labute approximate surface area is 188 Å². The normalized spacial score (nSPS) is 12.9. The van der Waals surface area contributed by atoms with Crippen LogP contribution in [0.25, 0.3) is 10.9 Å². The zero-order chi connectivity index (χ0) is 22.9. The molecule has 0 aliphatic rings. The zero-order valence-electron chi connectivity index (χ0n) is 18.6. The van der Waals surface area contributed by atoms with Gasteiger partial charge in [0.15, 0.2) is 0 Å². The lowest BCUT2D eigenvalue weighted by molar-refractivity contribution is -0.115. The minimum absolute atomic E-state index is 0.0936. The maximum Gasteiger partial charge on any atom is 0.242 e. The summed E-state index contributed by atoms with van der Waals surface area (Å²) in [5, 5.41) is 4.13. The highest BCUT2D eigenvalue weighted by Crippen LogP contribution is 2.29. The fourth-order valence-corrected chi connectivity index (χ4v) is 5.05. The second-order valence-electron chi connectivity index (χ2n) is 7.81. The summed E-state index contributed by atoms with van der Waals surface area (Å²) < 4.78 is 26.0. The van der Waals surface area contributed by atoms with Crippen LogP contribution >= 0.6 is 11.8 Å². The molecular weight excluding hydrogens is 430 g/mol. The first-order chi connectivity index (χ1) is 14.5. The third kappa shape index (κ3) is 5.08. The predicted octanol–water partition coefficient (Wildman–Crippen LogP) is 4.53. The lowest BCUT2D eigenvalue weighted by Gasteiger charge is -2.15. The molecule has 164 valence electrons. The van der Waals surface area contributed by atoms with Gasteiger partial charge in [-0.3, -0.25) is 4.79 Å². The number of anilines is 1. The number of nitrogens with one attached hydrogen (secondary N) is 1. The molecular formula is C23H27N3O3S2. The van der Waals surface area contributed by atoms with Crippen molar-refractivity contribution in [3.05, 3.63) is 59.2 Å². The summed E-state index contributed by atoms with van der Waals surface area (Å²) in [5.74, 6) is -0.0936. The molecule has 0 aliphatic carbocycles. The van der Waals surface area contributed by atoms with Crippen LogP contribution in [0.2, 0.25) is 0 Å². The van der Waals surface area contributed by atoms with E-state index in [-0.39, 0.29) is 16.1 Å². The molecule has 0 fully saturated rings. The van der Waals surface area contributed by atoms with Crippen LogP contribution < -0.4 is 5.32 Å². The van der Waals surface area contributed by atoms with Gasteiger partial charge in [-0.1, -0.05) is 29.5 Å². The maximum absolute atomic E-state index is 12.7. The molecule has 0 spiro atoms. The molecule has 0 radical (unpaired) electrons. The molecule has 3 aromatic rings. The van der Waals surface area contributed by atoms with E-state index >= 15 is 0 Å². The standard InChI is InChI=1S/C23H27N3O3S2/c1-14-7-9-20(16(3)11-14)25-23(27)17(4)30-22-12-15(2)19-13-18(8-10-21(19)24-22)31(28,29)26(5)6/h7-13,17H,1-6H3,(H,25,27)/t17-/m0/s1. The van der Waals surface area contributed by atoms with E-state index in [0.29, 0.717) is 5.52 Å². The third-order valence-corrected chi connectivity index (χ3v) is 7.88. The predicted molar refractivity (Wildman–Crippen MR) is 127 cm³/mol. The number of benzene rings is 2. The van der Waals surface area contributed by atoms with Crippen LogP contribution in [-0.2, 0) is 14.8 Å². The highest BCUT2D eigenvalue weighted by atomic mass is 32.2. The van der Waals surface area contributed by atoms with Crippen molar-refractivity contribution in [1.29, 1.82) is 0 Å². The second kappa shape index (κ2) is 8.98. The van der Waals surface area contributed by atoms with Crippen molar-refractivity contribution in [3.63, 3.8) is 0 Å². The number of nitrogens with zero attached hydrogens (tertiary/aromatic N) is 2. The van der Waals surface area contributed by atoms with Crippen molar-refractivity contribution in [2.24, 2.45) is 0 Å². The number of carbonyl (C=O) groups excluding carboxylic acids is 1. The number of carbonyl (C=O) groups is 1. The smallest absolute Gasteiger partial charge is 0.242 e. The Morgan fingerprint density at radius 2 is 1.74 bits per heavy atom. The van der Waals surface area contributed by atoms with E-state index in [4.69, 9.17) is 0 Å². The Morgan fingerprint density at radius 3 is 2.39 bits per heavy atom. The van der Waals surface area contributed by atoms with Gasteiger partial charge in [0.1, 0.15) is 0 Å². The molecule has 8 heteroatoms. The van der Waals surface area contributed by atoms with E-state index in [1.807, 2.05) is 52.0 Å². The van der Waals surface area contributed by atoms with Crippen molar-refractivity contribution >= 4 is 44.3 Å². The van der Waals surface area contributed by atoms with Gasteiger partial charge < -0.3 is 5.32 Å². The Morgan fingerprint density at radius 1 is 1.03 bits per heavy atom. The fraction of sp³-hybridized carbons (Fsp3) is 0.304. The number of amides is 1. The Balaban J connectivity index is 1.82. The number of hydrogen-bond donors (Lipinski definition) is 1. The number of aryl methyl sites for hydroxylation is 3. The van der Waals surface area contributed by atoms with Crippen molar-refractivity contribution < 1.29 is 13.2 Å². The van der Waals surface area contributed by atoms with Gasteiger partial charge in [-0.05, 0) is 69.2 Å². The first kappa shape index (κ1) is 23.2. The van der Waals surface area contributed by atoms with Crippen molar-refractivity contribution in [1.82, 2.24) is 9.29 Å². The summed E-state index contributed by atoms with van der Waals surface area (Å²) in [5.41, 5.74) is 4.58. The maximum atomic E-state index is 12.7. The molecule has 1 amide bonds. The van der Waals surface area contributed by atoms with Crippen LogP contribution in [0.5, 0.6) is 0 Å². The monoisotopic (exact) mass is 457 g/mol. The first-order valence-electron chi connectivity index (χ1n) is 9.88. The summed E-state index contributed by atoms with van der Waals surface area (Å²) in [6.07, 6.45) is 0. The Hall–Kier alpha value is -2.42. The van der Waals surface area contributed by atoms with Gasteiger partial charge >= 0.3 is 0 Å².